The molecule has 18 heavy (non-hydrogen) atoms. The van der Waals surface area contributed by atoms with Crippen LogP contribution >= 0.6 is 11.6 Å². The number of alkyl halides is 1. The summed E-state index contributed by atoms with van der Waals surface area (Å²) in [5.41, 5.74) is -0.298. The second kappa shape index (κ2) is 5.14. The summed E-state index contributed by atoms with van der Waals surface area (Å²) < 4.78 is 15.5. The number of halogens is 2. The standard InChI is InChI=1S/C11H9ClFN3O2/c12-6-10-14-4-5-15(10)7-8-2-1-3-9(11(8)13)16(17)18/h1-5H,6-7H2. The predicted molar refractivity (Wildman–Crippen MR) is 63.9 cm³/mol. The molecule has 1 aromatic carbocycles. The van der Waals surface area contributed by atoms with E-state index in [-0.39, 0.29) is 18.0 Å². The largest absolute Gasteiger partial charge is 0.329 e. The molecule has 94 valence electrons. The molecule has 0 aliphatic carbocycles. The molecule has 0 spiro atoms. The average Bonchev–Trinajstić information content (AvgIpc) is 2.78. The third-order valence-corrected chi connectivity index (χ3v) is 2.76. The fourth-order valence-corrected chi connectivity index (χ4v) is 1.85. The molecule has 0 amide bonds. The number of imidazole rings is 1. The number of aromatic nitrogens is 2. The van der Waals surface area contributed by atoms with Gasteiger partial charge in [-0.05, 0) is 0 Å². The van der Waals surface area contributed by atoms with Crippen molar-refractivity contribution in [1.82, 2.24) is 9.55 Å². The summed E-state index contributed by atoms with van der Waals surface area (Å²) in [7, 11) is 0. The molecule has 0 fully saturated rings. The summed E-state index contributed by atoms with van der Waals surface area (Å²) in [4.78, 5) is 13.9. The van der Waals surface area contributed by atoms with Crippen molar-refractivity contribution in [2.45, 2.75) is 12.4 Å². The predicted octanol–water partition coefficient (Wildman–Crippen LogP) is 2.72. The Kier molecular flexibility index (Phi) is 3.57. The molecule has 1 aromatic heterocycles. The summed E-state index contributed by atoms with van der Waals surface area (Å²) in [5.74, 6) is -0.0388. The maximum Gasteiger partial charge on any atom is 0.305 e. The van der Waals surface area contributed by atoms with Crippen LogP contribution in [0.15, 0.2) is 30.6 Å². The molecule has 2 aromatic rings. The van der Waals surface area contributed by atoms with E-state index in [1.165, 1.54) is 12.1 Å². The van der Waals surface area contributed by atoms with E-state index in [0.717, 1.165) is 6.07 Å². The van der Waals surface area contributed by atoms with Crippen LogP contribution in [-0.4, -0.2) is 14.5 Å². The van der Waals surface area contributed by atoms with Crippen molar-refractivity contribution in [3.8, 4) is 0 Å². The first-order chi connectivity index (χ1) is 8.63. The first-order valence-electron chi connectivity index (χ1n) is 5.11. The molecule has 7 heteroatoms. The Hall–Kier alpha value is -1.95. The van der Waals surface area contributed by atoms with Crippen molar-refractivity contribution < 1.29 is 9.31 Å². The molecule has 0 saturated heterocycles. The van der Waals surface area contributed by atoms with E-state index < -0.39 is 16.4 Å². The lowest BCUT2D eigenvalue weighted by Crippen LogP contribution is -2.06. The van der Waals surface area contributed by atoms with Gasteiger partial charge in [0.25, 0.3) is 0 Å². The molecule has 0 unspecified atom stereocenters. The van der Waals surface area contributed by atoms with Crippen LogP contribution in [-0.2, 0) is 12.4 Å². The fraction of sp³-hybridized carbons (Fsp3) is 0.182. The van der Waals surface area contributed by atoms with Gasteiger partial charge in [0.1, 0.15) is 5.82 Å². The molecule has 0 N–H and O–H groups in total. The van der Waals surface area contributed by atoms with E-state index in [4.69, 9.17) is 11.6 Å². The van der Waals surface area contributed by atoms with Crippen LogP contribution in [0.5, 0.6) is 0 Å². The van der Waals surface area contributed by atoms with Gasteiger partial charge in [0.2, 0.25) is 5.82 Å². The Labute approximate surface area is 107 Å². The zero-order valence-corrected chi connectivity index (χ0v) is 9.97. The maximum atomic E-state index is 13.8. The molecule has 0 aliphatic rings. The third kappa shape index (κ3) is 2.33. The monoisotopic (exact) mass is 269 g/mol. The summed E-state index contributed by atoms with van der Waals surface area (Å²) >= 11 is 5.68. The van der Waals surface area contributed by atoms with Gasteiger partial charge in [0.05, 0.1) is 17.3 Å². The van der Waals surface area contributed by atoms with Gasteiger partial charge in [0, 0.05) is 24.0 Å². The summed E-state index contributed by atoms with van der Waals surface area (Å²) in [5, 5.41) is 10.6. The third-order valence-electron chi connectivity index (χ3n) is 2.52. The molecular weight excluding hydrogens is 261 g/mol. The van der Waals surface area contributed by atoms with Gasteiger partial charge < -0.3 is 4.57 Å². The Balaban J connectivity index is 2.35. The van der Waals surface area contributed by atoms with Gasteiger partial charge in [-0.3, -0.25) is 10.1 Å². The van der Waals surface area contributed by atoms with Crippen molar-refractivity contribution in [1.29, 1.82) is 0 Å². The first kappa shape index (κ1) is 12.5. The van der Waals surface area contributed by atoms with E-state index in [1.54, 1.807) is 17.0 Å². The Morgan fingerprint density at radius 1 is 1.50 bits per heavy atom. The molecule has 0 atom stereocenters. The van der Waals surface area contributed by atoms with Crippen molar-refractivity contribution in [2.75, 3.05) is 0 Å². The second-order valence-corrected chi connectivity index (χ2v) is 3.88. The van der Waals surface area contributed by atoms with Gasteiger partial charge in [-0.1, -0.05) is 12.1 Å². The van der Waals surface area contributed by atoms with Gasteiger partial charge >= 0.3 is 5.69 Å². The number of nitrogens with zero attached hydrogens (tertiary/aromatic N) is 3. The van der Waals surface area contributed by atoms with Crippen molar-refractivity contribution >= 4 is 17.3 Å². The minimum absolute atomic E-state index is 0.162. The van der Waals surface area contributed by atoms with Crippen LogP contribution in [0, 0.1) is 15.9 Å². The molecular formula is C11H9ClFN3O2. The van der Waals surface area contributed by atoms with Crippen LogP contribution in [0.4, 0.5) is 10.1 Å². The normalized spacial score (nSPS) is 10.6. The van der Waals surface area contributed by atoms with Crippen LogP contribution in [0.25, 0.3) is 0 Å². The number of benzene rings is 1. The minimum Gasteiger partial charge on any atom is -0.329 e. The lowest BCUT2D eigenvalue weighted by molar-refractivity contribution is -0.387. The number of rotatable bonds is 4. The highest BCUT2D eigenvalue weighted by Crippen LogP contribution is 2.21. The zero-order valence-electron chi connectivity index (χ0n) is 9.22. The highest BCUT2D eigenvalue weighted by Gasteiger charge is 2.17. The van der Waals surface area contributed by atoms with Crippen LogP contribution < -0.4 is 0 Å². The molecule has 2 rings (SSSR count). The Morgan fingerprint density at radius 2 is 2.28 bits per heavy atom. The summed E-state index contributed by atoms with van der Waals surface area (Å²) in [6.45, 7) is 0.162. The maximum absolute atomic E-state index is 13.8. The molecule has 5 nitrogen and oxygen atoms in total. The van der Waals surface area contributed by atoms with Gasteiger partial charge in [0.15, 0.2) is 0 Å². The Morgan fingerprint density at radius 3 is 2.94 bits per heavy atom. The Bertz CT molecular complexity index is 585. The van der Waals surface area contributed by atoms with E-state index in [0.29, 0.717) is 5.82 Å². The SMILES string of the molecule is O=[N+]([O-])c1cccc(Cn2ccnc2CCl)c1F. The summed E-state index contributed by atoms with van der Waals surface area (Å²) in [6.07, 6.45) is 3.20. The topological polar surface area (TPSA) is 61.0 Å². The highest BCUT2D eigenvalue weighted by molar-refractivity contribution is 6.16. The molecule has 0 radical (unpaired) electrons. The smallest absolute Gasteiger partial charge is 0.305 e. The number of hydrogen-bond donors (Lipinski definition) is 0. The second-order valence-electron chi connectivity index (χ2n) is 3.61. The van der Waals surface area contributed by atoms with Crippen molar-refractivity contribution in [2.24, 2.45) is 0 Å². The fourth-order valence-electron chi connectivity index (χ4n) is 1.63. The number of nitro groups is 1. The highest BCUT2D eigenvalue weighted by atomic mass is 35.5. The van der Waals surface area contributed by atoms with E-state index in [1.807, 2.05) is 0 Å². The lowest BCUT2D eigenvalue weighted by Gasteiger charge is -2.07. The quantitative estimate of drug-likeness (QED) is 0.487. The van der Waals surface area contributed by atoms with Crippen LogP contribution in [0.3, 0.4) is 0 Å². The minimum atomic E-state index is -0.822. The van der Waals surface area contributed by atoms with Crippen LogP contribution in [0.2, 0.25) is 0 Å². The summed E-state index contributed by atoms with van der Waals surface area (Å²) in [6, 6.07) is 4.09. The molecule has 0 bridgehead atoms. The van der Waals surface area contributed by atoms with Crippen LogP contribution in [0.1, 0.15) is 11.4 Å². The van der Waals surface area contributed by atoms with E-state index in [2.05, 4.69) is 4.98 Å². The van der Waals surface area contributed by atoms with E-state index >= 15 is 0 Å². The van der Waals surface area contributed by atoms with Gasteiger partial charge in [-0.15, -0.1) is 11.6 Å². The van der Waals surface area contributed by atoms with Gasteiger partial charge in [-0.2, -0.15) is 4.39 Å². The average molecular weight is 270 g/mol. The molecule has 0 aliphatic heterocycles. The van der Waals surface area contributed by atoms with Crippen molar-refractivity contribution in [3.63, 3.8) is 0 Å². The van der Waals surface area contributed by atoms with E-state index in [9.17, 15) is 14.5 Å². The molecule has 1 heterocycles. The molecule has 0 saturated carbocycles. The number of hydrogen-bond acceptors (Lipinski definition) is 3. The number of nitro benzene ring substituents is 1. The first-order valence-corrected chi connectivity index (χ1v) is 5.64. The van der Waals surface area contributed by atoms with Crippen molar-refractivity contribution in [3.05, 3.63) is 57.9 Å². The lowest BCUT2D eigenvalue weighted by atomic mass is 10.2. The zero-order chi connectivity index (χ0) is 13.1. The van der Waals surface area contributed by atoms with Gasteiger partial charge in [-0.25, -0.2) is 4.98 Å².